The number of aliphatic imine (C=N–C) groups is 1. The quantitative estimate of drug-likeness (QED) is 0.635. The number of hydrogen-bond donors (Lipinski definition) is 0. The van der Waals surface area contributed by atoms with Crippen LogP contribution < -0.4 is 9.75 Å². The first-order valence-corrected chi connectivity index (χ1v) is 10.4. The Hall–Kier alpha value is -1.67. The van der Waals surface area contributed by atoms with Gasteiger partial charge in [0.05, 0.1) is 0 Å². The fraction of sp³-hybridized carbons (Fsp3) is 0.458. The summed E-state index contributed by atoms with van der Waals surface area (Å²) >= 11 is 1.68. The third kappa shape index (κ3) is 2.79. The third-order valence-electron chi connectivity index (χ3n) is 5.68. The van der Waals surface area contributed by atoms with Crippen LogP contribution in [-0.2, 0) is 0 Å². The Morgan fingerprint density at radius 1 is 1.23 bits per heavy atom. The highest BCUT2D eigenvalue weighted by molar-refractivity contribution is 7.17. The smallest absolute Gasteiger partial charge is 0.0453 e. The molecule has 2 unspecified atom stereocenters. The molecule has 3 aliphatic rings. The molecule has 2 atom stereocenters. The topological polar surface area (TPSA) is 12.4 Å². The average molecular weight is 368 g/mol. The molecule has 1 aliphatic heterocycles. The van der Waals surface area contributed by atoms with Crippen LogP contribution in [-0.4, -0.2) is 5.71 Å². The summed E-state index contributed by atoms with van der Waals surface area (Å²) in [6, 6.07) is 6.30. The van der Waals surface area contributed by atoms with E-state index in [0.29, 0.717) is 5.71 Å². The van der Waals surface area contributed by atoms with E-state index in [1.54, 1.807) is 11.3 Å². The molecule has 2 heteroatoms. The zero-order valence-electron chi connectivity index (χ0n) is 20.8. The molecule has 1 aromatic heterocycles. The van der Waals surface area contributed by atoms with Crippen molar-refractivity contribution in [1.82, 2.24) is 0 Å². The van der Waals surface area contributed by atoms with E-state index in [-0.39, 0.29) is 5.57 Å². The van der Waals surface area contributed by atoms with Crippen LogP contribution in [0.25, 0.3) is 21.7 Å². The zero-order valence-corrected chi connectivity index (χ0v) is 15.7. The first-order valence-electron chi connectivity index (χ1n) is 12.7. The maximum atomic E-state index is 9.19. The Morgan fingerprint density at radius 2 is 2.15 bits per heavy atom. The molecule has 1 nitrogen and oxygen atoms in total. The number of nitrogens with zero attached hydrogens (tertiary/aromatic N) is 1. The summed E-state index contributed by atoms with van der Waals surface area (Å²) in [7, 11) is 0. The van der Waals surface area contributed by atoms with E-state index in [0.717, 1.165) is 69.5 Å². The zero-order chi connectivity index (χ0) is 22.7. The van der Waals surface area contributed by atoms with Gasteiger partial charge in [-0.25, -0.2) is 0 Å². The van der Waals surface area contributed by atoms with Gasteiger partial charge < -0.3 is 0 Å². The second-order valence-electron chi connectivity index (χ2n) is 7.34. The summed E-state index contributed by atoms with van der Waals surface area (Å²) in [5.74, 6) is -0.546. The fourth-order valence-corrected chi connectivity index (χ4v) is 5.83. The molecule has 1 aromatic carbocycles. The number of fused-ring (bicyclic) bond motifs is 3. The predicted octanol–water partition coefficient (Wildman–Crippen LogP) is 5.81. The SMILES string of the molecule is [2H]C1C(C([2H])([2H])[2H])=CN=C(C2=c3sc4c(C5([2H])CCCCC5)cccc4c3=CCC2)C1[2H]. The van der Waals surface area contributed by atoms with Crippen LogP contribution in [0.2, 0.25) is 0 Å². The Bertz CT molecular complexity index is 1250. The molecule has 0 radical (unpaired) electrons. The molecule has 0 saturated heterocycles. The first-order chi connectivity index (χ1) is 15.2. The van der Waals surface area contributed by atoms with Gasteiger partial charge in [-0.05, 0) is 67.6 Å². The number of thiophene rings is 1. The minimum absolute atomic E-state index is 0.0588. The molecular weight excluding hydrogens is 334 g/mol. The van der Waals surface area contributed by atoms with Crippen LogP contribution in [0.3, 0.4) is 0 Å². The molecule has 0 N–H and O–H groups in total. The molecule has 2 heterocycles. The lowest BCUT2D eigenvalue weighted by Crippen LogP contribution is -2.28. The van der Waals surface area contributed by atoms with Crippen molar-refractivity contribution in [2.24, 2.45) is 4.99 Å². The Labute approximate surface area is 168 Å². The summed E-state index contributed by atoms with van der Waals surface area (Å²) in [4.78, 5) is 4.43. The highest BCUT2D eigenvalue weighted by Gasteiger charge is 2.21. The van der Waals surface area contributed by atoms with E-state index in [9.17, 15) is 1.37 Å². The Balaban J connectivity index is 1.72. The molecule has 0 bridgehead atoms. The first kappa shape index (κ1) is 11.2. The molecule has 134 valence electrons. The third-order valence-corrected chi connectivity index (χ3v) is 7.00. The van der Waals surface area contributed by atoms with Gasteiger partial charge in [0.1, 0.15) is 0 Å². The average Bonchev–Trinajstić information content (AvgIpc) is 3.14. The summed E-state index contributed by atoms with van der Waals surface area (Å²) in [6.45, 7) is -2.40. The normalized spacial score (nSPS) is 31.9. The molecule has 1 fully saturated rings. The maximum absolute atomic E-state index is 9.19. The lowest BCUT2D eigenvalue weighted by Gasteiger charge is -2.22. The predicted molar refractivity (Wildman–Crippen MR) is 114 cm³/mol. The number of rotatable bonds is 2. The van der Waals surface area contributed by atoms with E-state index in [2.05, 4.69) is 29.3 Å². The van der Waals surface area contributed by atoms with E-state index in [4.69, 9.17) is 6.85 Å². The van der Waals surface area contributed by atoms with Crippen molar-refractivity contribution in [2.75, 3.05) is 0 Å². The molecule has 5 rings (SSSR count). The van der Waals surface area contributed by atoms with Crippen LogP contribution in [0.1, 0.15) is 84.3 Å². The van der Waals surface area contributed by atoms with Gasteiger partial charge in [0, 0.05) is 34.8 Å². The largest absolute Gasteiger partial charge is 0.261 e. The van der Waals surface area contributed by atoms with Gasteiger partial charge in [-0.15, -0.1) is 11.3 Å². The molecule has 0 spiro atoms. The fourth-order valence-electron chi connectivity index (χ4n) is 4.38. The van der Waals surface area contributed by atoms with E-state index >= 15 is 0 Å². The second-order valence-corrected chi connectivity index (χ2v) is 8.37. The molecule has 2 aromatic rings. The summed E-state index contributed by atoms with van der Waals surface area (Å²) in [6.07, 6.45) is 8.12. The summed E-state index contributed by atoms with van der Waals surface area (Å²) < 4.78 is 51.4. The summed E-state index contributed by atoms with van der Waals surface area (Å²) in [5, 5.41) is 2.31. The highest BCUT2D eigenvalue weighted by Crippen LogP contribution is 2.37. The molecular formula is C24H27NS. The van der Waals surface area contributed by atoms with Crippen molar-refractivity contribution >= 4 is 38.8 Å². The van der Waals surface area contributed by atoms with Gasteiger partial charge in [0.15, 0.2) is 0 Å². The Morgan fingerprint density at radius 3 is 3.04 bits per heavy atom. The van der Waals surface area contributed by atoms with Crippen molar-refractivity contribution in [3.63, 3.8) is 0 Å². The van der Waals surface area contributed by atoms with Crippen molar-refractivity contribution in [3.05, 3.63) is 45.3 Å². The van der Waals surface area contributed by atoms with Gasteiger partial charge in [0.2, 0.25) is 0 Å². The van der Waals surface area contributed by atoms with Crippen molar-refractivity contribution in [2.45, 2.75) is 70.5 Å². The Kier molecular flexibility index (Phi) is 2.94. The van der Waals surface area contributed by atoms with Crippen molar-refractivity contribution in [3.8, 4) is 0 Å². The van der Waals surface area contributed by atoms with Crippen LogP contribution in [0.15, 0.2) is 35.0 Å². The van der Waals surface area contributed by atoms with Crippen LogP contribution >= 0.6 is 11.3 Å². The number of allylic oxidation sites excluding steroid dienone is 1. The number of hydrogen-bond acceptors (Lipinski definition) is 2. The number of benzene rings is 1. The molecule has 26 heavy (non-hydrogen) atoms. The van der Waals surface area contributed by atoms with E-state index in [1.165, 1.54) is 12.6 Å². The monoisotopic (exact) mass is 367 g/mol. The van der Waals surface area contributed by atoms with Gasteiger partial charge in [0.25, 0.3) is 0 Å². The van der Waals surface area contributed by atoms with E-state index < -0.39 is 25.5 Å². The standard InChI is InChI=1S/C24H27NS/c1-16-13-14-22(25-15-16)21-12-6-11-20-19-10-5-9-18(23(19)26-24(20)21)17-7-3-2-4-8-17/h5,9-11,15,17H,2-4,6-8,12-14H2,1H3/i1D3,13D,14D,17D. The van der Waals surface area contributed by atoms with Gasteiger partial charge in [-0.1, -0.05) is 49.1 Å². The lowest BCUT2D eigenvalue weighted by molar-refractivity contribution is 0.446. The maximum Gasteiger partial charge on any atom is 0.0453 e. The van der Waals surface area contributed by atoms with Crippen LogP contribution in [0.4, 0.5) is 0 Å². The van der Waals surface area contributed by atoms with Crippen LogP contribution in [0, 0.1) is 0 Å². The lowest BCUT2D eigenvalue weighted by atomic mass is 9.83. The highest BCUT2D eigenvalue weighted by atomic mass is 32.1. The summed E-state index contributed by atoms with van der Waals surface area (Å²) in [5.41, 5.74) is 2.54. The van der Waals surface area contributed by atoms with Crippen molar-refractivity contribution in [1.29, 1.82) is 0 Å². The van der Waals surface area contributed by atoms with E-state index in [1.807, 2.05) is 0 Å². The minimum atomic E-state index is -2.40. The molecule has 1 saturated carbocycles. The molecule has 0 amide bonds. The minimum Gasteiger partial charge on any atom is -0.261 e. The van der Waals surface area contributed by atoms with Gasteiger partial charge >= 0.3 is 0 Å². The molecule has 2 aliphatic carbocycles. The second kappa shape index (κ2) is 6.81. The van der Waals surface area contributed by atoms with Crippen LogP contribution in [0.5, 0.6) is 0 Å². The van der Waals surface area contributed by atoms with Gasteiger partial charge in [-0.2, -0.15) is 0 Å². The van der Waals surface area contributed by atoms with Gasteiger partial charge in [-0.3, -0.25) is 4.99 Å². The van der Waals surface area contributed by atoms with Crippen molar-refractivity contribution < 1.29 is 8.22 Å².